The molecule has 0 aliphatic carbocycles. The number of hydrogen-bond donors (Lipinski definition) is 3. The molecule has 7 nitrogen and oxygen atoms in total. The van der Waals surface area contributed by atoms with Crippen LogP contribution in [-0.2, 0) is 16.6 Å². The molecule has 1 heterocycles. The fraction of sp³-hybridized carbons (Fsp3) is 0.375. The Balaban J connectivity index is 2.56. The Hall–Kier alpha value is -1.89. The summed E-state index contributed by atoms with van der Waals surface area (Å²) in [6, 6.07) is 0.531. The van der Waals surface area contributed by atoms with Gasteiger partial charge in [-0.2, -0.15) is 5.10 Å². The fourth-order valence-electron chi connectivity index (χ4n) is 0.996. The van der Waals surface area contributed by atoms with Crippen molar-refractivity contribution < 1.29 is 14.7 Å². The first-order valence-corrected chi connectivity index (χ1v) is 4.27. The van der Waals surface area contributed by atoms with Crippen LogP contribution < -0.4 is 11.1 Å². The smallest absolute Gasteiger partial charge is 0.305 e. The Morgan fingerprint density at radius 2 is 2.40 bits per heavy atom. The Kier molecular flexibility index (Phi) is 3.40. The van der Waals surface area contributed by atoms with E-state index in [-0.39, 0.29) is 0 Å². The maximum absolute atomic E-state index is 11.4. The van der Waals surface area contributed by atoms with E-state index in [0.717, 1.165) is 0 Å². The van der Waals surface area contributed by atoms with Crippen LogP contribution in [0.1, 0.15) is 6.42 Å². The number of anilines is 1. The van der Waals surface area contributed by atoms with Crippen LogP contribution in [0, 0.1) is 0 Å². The normalized spacial score (nSPS) is 12.1. The second-order valence-corrected chi connectivity index (χ2v) is 3.03. The van der Waals surface area contributed by atoms with Crippen molar-refractivity contribution in [2.75, 3.05) is 5.32 Å². The van der Waals surface area contributed by atoms with Crippen LogP contribution in [-0.4, -0.2) is 32.8 Å². The van der Waals surface area contributed by atoms with Crippen molar-refractivity contribution >= 4 is 17.7 Å². The topological polar surface area (TPSA) is 110 Å². The molecular weight excluding hydrogens is 200 g/mol. The number of carbonyl (C=O) groups excluding carboxylic acids is 1. The summed E-state index contributed by atoms with van der Waals surface area (Å²) in [6.45, 7) is 0. The van der Waals surface area contributed by atoms with Gasteiger partial charge in [0.15, 0.2) is 0 Å². The molecule has 0 saturated carbocycles. The second-order valence-electron chi connectivity index (χ2n) is 3.03. The molecule has 1 atom stereocenters. The minimum Gasteiger partial charge on any atom is -0.481 e. The van der Waals surface area contributed by atoms with Gasteiger partial charge in [0.05, 0.1) is 18.7 Å². The zero-order chi connectivity index (χ0) is 11.4. The molecule has 0 aliphatic rings. The first-order chi connectivity index (χ1) is 7.00. The van der Waals surface area contributed by atoms with Gasteiger partial charge in [-0.1, -0.05) is 0 Å². The van der Waals surface area contributed by atoms with Gasteiger partial charge in [-0.25, -0.2) is 0 Å². The standard InChI is InChI=1S/C8H12N4O3/c1-12-6(2-3-10-12)11-8(15)5(9)4-7(13)14/h2-3,5H,4,9H2,1H3,(H,11,15)(H,13,14). The number of carbonyl (C=O) groups is 2. The van der Waals surface area contributed by atoms with Gasteiger partial charge < -0.3 is 16.2 Å². The molecule has 15 heavy (non-hydrogen) atoms. The van der Waals surface area contributed by atoms with E-state index in [0.29, 0.717) is 5.82 Å². The first-order valence-electron chi connectivity index (χ1n) is 4.27. The number of aromatic nitrogens is 2. The van der Waals surface area contributed by atoms with Gasteiger partial charge >= 0.3 is 5.97 Å². The Morgan fingerprint density at radius 3 is 2.87 bits per heavy atom. The second kappa shape index (κ2) is 4.56. The van der Waals surface area contributed by atoms with Crippen LogP contribution in [0.5, 0.6) is 0 Å². The van der Waals surface area contributed by atoms with E-state index in [1.807, 2.05) is 0 Å². The van der Waals surface area contributed by atoms with Gasteiger partial charge in [-0.3, -0.25) is 14.3 Å². The summed E-state index contributed by atoms with van der Waals surface area (Å²) in [7, 11) is 1.65. The lowest BCUT2D eigenvalue weighted by Gasteiger charge is -2.09. The zero-order valence-electron chi connectivity index (χ0n) is 8.17. The first kappa shape index (κ1) is 11.2. The molecule has 1 rings (SSSR count). The van der Waals surface area contributed by atoms with Crippen molar-refractivity contribution in [1.82, 2.24) is 9.78 Å². The number of carboxylic acid groups (broad SMARTS) is 1. The molecule has 0 saturated heterocycles. The molecule has 82 valence electrons. The predicted molar refractivity (Wildman–Crippen MR) is 52.1 cm³/mol. The highest BCUT2D eigenvalue weighted by Crippen LogP contribution is 2.04. The van der Waals surface area contributed by atoms with Gasteiger partial charge in [0.25, 0.3) is 0 Å². The third kappa shape index (κ3) is 3.06. The van der Waals surface area contributed by atoms with Gasteiger partial charge in [0.2, 0.25) is 5.91 Å². The summed E-state index contributed by atoms with van der Waals surface area (Å²) in [5.74, 6) is -1.18. The van der Waals surface area contributed by atoms with E-state index in [1.54, 1.807) is 13.1 Å². The number of nitrogens with two attached hydrogens (primary N) is 1. The predicted octanol–water partition coefficient (Wildman–Crippen LogP) is -0.839. The summed E-state index contributed by atoms with van der Waals surface area (Å²) in [4.78, 5) is 21.7. The molecule has 0 spiro atoms. The Bertz CT molecular complexity index is 374. The molecule has 1 amide bonds. The molecule has 0 radical (unpaired) electrons. The molecule has 7 heteroatoms. The van der Waals surface area contributed by atoms with Crippen LogP contribution in [0.15, 0.2) is 12.3 Å². The maximum atomic E-state index is 11.4. The number of amides is 1. The van der Waals surface area contributed by atoms with E-state index in [4.69, 9.17) is 10.8 Å². The van der Waals surface area contributed by atoms with Crippen molar-refractivity contribution in [3.63, 3.8) is 0 Å². The molecule has 0 aromatic carbocycles. The van der Waals surface area contributed by atoms with Crippen LogP contribution in [0.2, 0.25) is 0 Å². The quantitative estimate of drug-likeness (QED) is 0.602. The number of aryl methyl sites for hydroxylation is 1. The fourth-order valence-corrected chi connectivity index (χ4v) is 0.996. The highest BCUT2D eigenvalue weighted by Gasteiger charge is 2.17. The SMILES string of the molecule is Cn1nccc1NC(=O)C(N)CC(=O)O. The summed E-state index contributed by atoms with van der Waals surface area (Å²) >= 11 is 0. The van der Waals surface area contributed by atoms with Crippen LogP contribution in [0.25, 0.3) is 0 Å². The number of rotatable bonds is 4. The van der Waals surface area contributed by atoms with Crippen LogP contribution in [0.4, 0.5) is 5.82 Å². The largest absolute Gasteiger partial charge is 0.481 e. The van der Waals surface area contributed by atoms with Crippen molar-refractivity contribution in [2.45, 2.75) is 12.5 Å². The third-order valence-corrected chi connectivity index (χ3v) is 1.80. The number of hydrogen-bond acceptors (Lipinski definition) is 4. The number of carboxylic acids is 1. The zero-order valence-corrected chi connectivity index (χ0v) is 8.17. The number of nitrogens with one attached hydrogen (secondary N) is 1. The molecule has 4 N–H and O–H groups in total. The van der Waals surface area contributed by atoms with Gasteiger partial charge in [-0.05, 0) is 0 Å². The van der Waals surface area contributed by atoms with Gasteiger partial charge in [0.1, 0.15) is 5.82 Å². The molecular formula is C8H12N4O3. The summed E-state index contributed by atoms with van der Waals surface area (Å²) in [6.07, 6.45) is 1.11. The average Bonchev–Trinajstić information content (AvgIpc) is 2.50. The highest BCUT2D eigenvalue weighted by molar-refractivity contribution is 5.95. The monoisotopic (exact) mass is 212 g/mol. The highest BCUT2D eigenvalue weighted by atomic mass is 16.4. The van der Waals surface area contributed by atoms with E-state index in [9.17, 15) is 9.59 Å². The van der Waals surface area contributed by atoms with Gasteiger partial charge in [0, 0.05) is 13.1 Å². The molecule has 0 aliphatic heterocycles. The van der Waals surface area contributed by atoms with E-state index >= 15 is 0 Å². The lowest BCUT2D eigenvalue weighted by atomic mass is 10.2. The van der Waals surface area contributed by atoms with Crippen LogP contribution >= 0.6 is 0 Å². The van der Waals surface area contributed by atoms with Gasteiger partial charge in [-0.15, -0.1) is 0 Å². The van der Waals surface area contributed by atoms with E-state index in [1.165, 1.54) is 10.9 Å². The number of nitrogens with zero attached hydrogens (tertiary/aromatic N) is 2. The Morgan fingerprint density at radius 1 is 1.73 bits per heavy atom. The summed E-state index contributed by atoms with van der Waals surface area (Å²) in [5.41, 5.74) is 5.36. The maximum Gasteiger partial charge on any atom is 0.305 e. The third-order valence-electron chi connectivity index (χ3n) is 1.80. The van der Waals surface area contributed by atoms with Crippen molar-refractivity contribution in [3.05, 3.63) is 12.3 Å². The van der Waals surface area contributed by atoms with Crippen molar-refractivity contribution in [2.24, 2.45) is 12.8 Å². The molecule has 1 unspecified atom stereocenters. The molecule has 0 bridgehead atoms. The molecule has 0 fully saturated rings. The van der Waals surface area contributed by atoms with E-state index < -0.39 is 24.3 Å². The lowest BCUT2D eigenvalue weighted by Crippen LogP contribution is -2.37. The molecule has 1 aromatic rings. The molecule has 1 aromatic heterocycles. The van der Waals surface area contributed by atoms with E-state index in [2.05, 4.69) is 10.4 Å². The minimum atomic E-state index is -1.11. The average molecular weight is 212 g/mol. The summed E-state index contributed by atoms with van der Waals surface area (Å²) in [5, 5.41) is 14.7. The van der Waals surface area contributed by atoms with Crippen molar-refractivity contribution in [1.29, 1.82) is 0 Å². The lowest BCUT2D eigenvalue weighted by molar-refractivity contribution is -0.138. The Labute approximate surface area is 85.9 Å². The summed E-state index contributed by atoms with van der Waals surface area (Å²) < 4.78 is 1.45. The minimum absolute atomic E-state index is 0.399. The van der Waals surface area contributed by atoms with Crippen LogP contribution in [0.3, 0.4) is 0 Å². The number of aliphatic carboxylic acids is 1. The van der Waals surface area contributed by atoms with Crippen molar-refractivity contribution in [3.8, 4) is 0 Å².